The van der Waals surface area contributed by atoms with Crippen LogP contribution in [0, 0.1) is 12.8 Å². The van der Waals surface area contributed by atoms with Crippen LogP contribution in [-0.2, 0) is 9.59 Å². The van der Waals surface area contributed by atoms with Crippen molar-refractivity contribution in [3.63, 3.8) is 0 Å². The van der Waals surface area contributed by atoms with Crippen LogP contribution in [0.15, 0.2) is 17.5 Å². The van der Waals surface area contributed by atoms with E-state index in [-0.39, 0.29) is 11.8 Å². The minimum atomic E-state index is -0.952. The fourth-order valence-corrected chi connectivity index (χ4v) is 2.54. The molecule has 0 saturated heterocycles. The second-order valence-electron chi connectivity index (χ2n) is 4.46. The van der Waals surface area contributed by atoms with Gasteiger partial charge in [0.15, 0.2) is 0 Å². The van der Waals surface area contributed by atoms with Gasteiger partial charge >= 0.3 is 5.97 Å². The lowest BCUT2D eigenvalue weighted by molar-refractivity contribution is -0.141. The topological polar surface area (TPSA) is 66.4 Å². The van der Waals surface area contributed by atoms with Gasteiger partial charge in [-0.2, -0.15) is 0 Å². The summed E-state index contributed by atoms with van der Waals surface area (Å²) in [5.74, 6) is -1.20. The lowest BCUT2D eigenvalue weighted by atomic mass is 10.2. The summed E-state index contributed by atoms with van der Waals surface area (Å²) in [4.78, 5) is 23.6. The number of carbonyl (C=O) groups is 2. The largest absolute Gasteiger partial charge is 0.480 e. The number of carbonyl (C=O) groups excluding carboxylic acids is 1. The Bertz CT molecular complexity index is 488. The van der Waals surface area contributed by atoms with Crippen LogP contribution in [0.25, 0.3) is 6.08 Å². The van der Waals surface area contributed by atoms with Crippen LogP contribution in [0.3, 0.4) is 0 Å². The fourth-order valence-electron chi connectivity index (χ4n) is 1.72. The Morgan fingerprint density at radius 2 is 2.28 bits per heavy atom. The van der Waals surface area contributed by atoms with Crippen LogP contribution < -0.4 is 5.32 Å². The molecule has 1 heterocycles. The molecule has 0 aromatic carbocycles. The molecule has 2 rings (SSSR count). The van der Waals surface area contributed by atoms with E-state index in [1.807, 2.05) is 18.4 Å². The maximum Gasteiger partial charge on any atom is 0.326 e. The van der Waals surface area contributed by atoms with Crippen LogP contribution in [-0.4, -0.2) is 23.0 Å². The molecule has 4 nitrogen and oxygen atoms in total. The Morgan fingerprint density at radius 1 is 1.56 bits per heavy atom. The first-order valence-corrected chi connectivity index (χ1v) is 6.71. The number of rotatable bonds is 5. The first-order chi connectivity index (χ1) is 8.58. The summed E-state index contributed by atoms with van der Waals surface area (Å²) >= 11 is 1.55. The second kappa shape index (κ2) is 5.35. The van der Waals surface area contributed by atoms with Crippen molar-refractivity contribution in [1.29, 1.82) is 0 Å². The molecule has 18 heavy (non-hydrogen) atoms. The number of hydrogen-bond donors (Lipinski definition) is 2. The van der Waals surface area contributed by atoms with Gasteiger partial charge in [-0.3, -0.25) is 4.79 Å². The third-order valence-electron chi connectivity index (χ3n) is 2.95. The van der Waals surface area contributed by atoms with Crippen LogP contribution in [0.4, 0.5) is 0 Å². The standard InChI is InChI=1S/C13H15NO3S/c1-8-6-7-18-10(8)4-5-11(15)14-12(13(16)17)9-2-3-9/h4-7,9,12H,2-3H2,1H3,(H,14,15)(H,16,17). The summed E-state index contributed by atoms with van der Waals surface area (Å²) in [7, 11) is 0. The van der Waals surface area contributed by atoms with Crippen molar-refractivity contribution in [2.75, 3.05) is 0 Å². The number of hydrogen-bond acceptors (Lipinski definition) is 3. The van der Waals surface area contributed by atoms with E-state index in [9.17, 15) is 9.59 Å². The molecule has 0 bridgehead atoms. The molecule has 1 aromatic heterocycles. The smallest absolute Gasteiger partial charge is 0.326 e. The lowest BCUT2D eigenvalue weighted by Gasteiger charge is -2.11. The van der Waals surface area contributed by atoms with Crippen LogP contribution in [0.5, 0.6) is 0 Å². The molecule has 2 N–H and O–H groups in total. The van der Waals surface area contributed by atoms with Gasteiger partial charge in [0.2, 0.25) is 5.91 Å². The molecule has 0 spiro atoms. The number of aryl methyl sites for hydroxylation is 1. The van der Waals surface area contributed by atoms with E-state index in [4.69, 9.17) is 5.11 Å². The molecule has 96 valence electrons. The monoisotopic (exact) mass is 265 g/mol. The van der Waals surface area contributed by atoms with Crippen molar-refractivity contribution in [3.8, 4) is 0 Å². The van der Waals surface area contributed by atoms with Gasteiger partial charge in [-0.15, -0.1) is 11.3 Å². The van der Waals surface area contributed by atoms with E-state index in [0.29, 0.717) is 0 Å². The number of amides is 1. The minimum Gasteiger partial charge on any atom is -0.480 e. The first kappa shape index (κ1) is 12.8. The highest BCUT2D eigenvalue weighted by molar-refractivity contribution is 7.11. The molecule has 1 aliphatic rings. The highest BCUT2D eigenvalue weighted by Crippen LogP contribution is 2.32. The van der Waals surface area contributed by atoms with Gasteiger partial charge < -0.3 is 10.4 Å². The molecule has 1 aliphatic carbocycles. The van der Waals surface area contributed by atoms with Crippen molar-refractivity contribution < 1.29 is 14.7 Å². The average Bonchev–Trinajstić information content (AvgIpc) is 3.07. The predicted octanol–water partition coefficient (Wildman–Crippen LogP) is 2.05. The first-order valence-electron chi connectivity index (χ1n) is 5.83. The Labute approximate surface area is 109 Å². The van der Waals surface area contributed by atoms with Gasteiger partial charge in [0.25, 0.3) is 0 Å². The average molecular weight is 265 g/mol. The maximum atomic E-state index is 11.6. The Hall–Kier alpha value is -1.62. The third-order valence-corrected chi connectivity index (χ3v) is 3.93. The van der Waals surface area contributed by atoms with Gasteiger partial charge in [-0.05, 0) is 48.8 Å². The summed E-state index contributed by atoms with van der Waals surface area (Å²) in [6, 6.07) is 1.23. The third kappa shape index (κ3) is 3.20. The van der Waals surface area contributed by atoms with Crippen molar-refractivity contribution in [1.82, 2.24) is 5.32 Å². The number of carboxylic acid groups (broad SMARTS) is 1. The Morgan fingerprint density at radius 3 is 2.78 bits per heavy atom. The second-order valence-corrected chi connectivity index (χ2v) is 5.41. The van der Waals surface area contributed by atoms with Crippen LogP contribution in [0.1, 0.15) is 23.3 Å². The summed E-state index contributed by atoms with van der Waals surface area (Å²) in [5, 5.41) is 13.5. The van der Waals surface area contributed by atoms with Gasteiger partial charge in [-0.1, -0.05) is 0 Å². The zero-order valence-electron chi connectivity index (χ0n) is 10.1. The molecule has 1 unspecified atom stereocenters. The van der Waals surface area contributed by atoms with E-state index >= 15 is 0 Å². The molecule has 1 saturated carbocycles. The van der Waals surface area contributed by atoms with Gasteiger partial charge in [0.1, 0.15) is 6.04 Å². The van der Waals surface area contributed by atoms with Crippen molar-refractivity contribution >= 4 is 29.3 Å². The molecule has 1 fully saturated rings. The Balaban J connectivity index is 1.93. The molecule has 0 radical (unpaired) electrons. The van der Waals surface area contributed by atoms with Crippen LogP contribution >= 0.6 is 11.3 Å². The zero-order chi connectivity index (χ0) is 13.1. The van der Waals surface area contributed by atoms with Gasteiger partial charge in [-0.25, -0.2) is 4.79 Å². The quantitative estimate of drug-likeness (QED) is 0.801. The van der Waals surface area contributed by atoms with Crippen molar-refractivity contribution in [3.05, 3.63) is 28.0 Å². The van der Waals surface area contributed by atoms with E-state index in [0.717, 1.165) is 23.3 Å². The molecule has 1 atom stereocenters. The molecule has 1 aromatic rings. The Kier molecular flexibility index (Phi) is 3.81. The zero-order valence-corrected chi connectivity index (χ0v) is 10.9. The minimum absolute atomic E-state index is 0.100. The maximum absolute atomic E-state index is 11.6. The molecule has 0 aliphatic heterocycles. The molecular weight excluding hydrogens is 250 g/mol. The number of carboxylic acids is 1. The van der Waals surface area contributed by atoms with Crippen molar-refractivity contribution in [2.45, 2.75) is 25.8 Å². The highest BCUT2D eigenvalue weighted by atomic mass is 32.1. The fraction of sp³-hybridized carbons (Fsp3) is 0.385. The molecular formula is C13H15NO3S. The van der Waals surface area contributed by atoms with Gasteiger partial charge in [0.05, 0.1) is 0 Å². The SMILES string of the molecule is Cc1ccsc1C=CC(=O)NC(C(=O)O)C1CC1. The van der Waals surface area contributed by atoms with E-state index in [2.05, 4.69) is 5.32 Å². The molecule has 5 heteroatoms. The lowest BCUT2D eigenvalue weighted by Crippen LogP contribution is -2.41. The van der Waals surface area contributed by atoms with E-state index < -0.39 is 12.0 Å². The number of aliphatic carboxylic acids is 1. The van der Waals surface area contributed by atoms with E-state index in [1.165, 1.54) is 6.08 Å². The highest BCUT2D eigenvalue weighted by Gasteiger charge is 2.36. The van der Waals surface area contributed by atoms with E-state index in [1.54, 1.807) is 17.4 Å². The normalized spacial score (nSPS) is 16.7. The van der Waals surface area contributed by atoms with Crippen LogP contribution in [0.2, 0.25) is 0 Å². The number of thiophene rings is 1. The molecule has 1 amide bonds. The predicted molar refractivity (Wildman–Crippen MR) is 70.4 cm³/mol. The summed E-state index contributed by atoms with van der Waals surface area (Å²) in [6.45, 7) is 1.97. The summed E-state index contributed by atoms with van der Waals surface area (Å²) in [5.41, 5.74) is 1.11. The van der Waals surface area contributed by atoms with Gasteiger partial charge in [0, 0.05) is 11.0 Å². The summed E-state index contributed by atoms with van der Waals surface area (Å²) < 4.78 is 0. The number of nitrogens with one attached hydrogen (secondary N) is 1. The summed E-state index contributed by atoms with van der Waals surface area (Å²) in [6.07, 6.45) is 4.88. The van der Waals surface area contributed by atoms with Crippen molar-refractivity contribution in [2.24, 2.45) is 5.92 Å².